The summed E-state index contributed by atoms with van der Waals surface area (Å²) in [7, 11) is 0. The first-order valence-electron chi connectivity index (χ1n) is 7.25. The van der Waals surface area contributed by atoms with Crippen LogP contribution >= 0.6 is 0 Å². The number of aromatic nitrogens is 1. The molecule has 1 N–H and O–H groups in total. The second-order valence-electron chi connectivity index (χ2n) is 5.81. The van der Waals surface area contributed by atoms with E-state index in [1.807, 2.05) is 24.3 Å². The van der Waals surface area contributed by atoms with Gasteiger partial charge in [0.15, 0.2) is 0 Å². The van der Waals surface area contributed by atoms with E-state index < -0.39 is 5.54 Å². The van der Waals surface area contributed by atoms with Crippen LogP contribution in [0, 0.1) is 6.92 Å². The number of carbonyl (C=O) groups excluding carboxylic acids is 2. The number of hydrogen-bond acceptors (Lipinski definition) is 4. The Labute approximate surface area is 127 Å². The summed E-state index contributed by atoms with van der Waals surface area (Å²) in [5.74, 6) is 0.450. The first-order chi connectivity index (χ1) is 10.6. The Balaban J connectivity index is 1.68. The predicted molar refractivity (Wildman–Crippen MR) is 76.8 cm³/mol. The molecule has 1 spiro atoms. The summed E-state index contributed by atoms with van der Waals surface area (Å²) < 4.78 is 5.00. The molecule has 2 heterocycles. The van der Waals surface area contributed by atoms with E-state index in [1.165, 1.54) is 4.90 Å². The zero-order valence-corrected chi connectivity index (χ0v) is 12.1. The van der Waals surface area contributed by atoms with E-state index in [2.05, 4.69) is 10.5 Å². The number of carbonyl (C=O) groups is 2. The number of hydrogen-bond donors (Lipinski definition) is 1. The van der Waals surface area contributed by atoms with Crippen LogP contribution in [0.4, 0.5) is 4.79 Å². The average Bonchev–Trinajstić information content (AvgIpc) is 3.15. The zero-order chi connectivity index (χ0) is 15.3. The molecule has 22 heavy (non-hydrogen) atoms. The van der Waals surface area contributed by atoms with Crippen LogP contribution in [0.25, 0.3) is 0 Å². The lowest BCUT2D eigenvalue weighted by Gasteiger charge is -2.22. The molecular weight excluding hydrogens is 282 g/mol. The van der Waals surface area contributed by atoms with Crippen LogP contribution in [0.2, 0.25) is 0 Å². The molecule has 1 fully saturated rings. The molecule has 1 aliphatic carbocycles. The van der Waals surface area contributed by atoms with Gasteiger partial charge in [-0.05, 0) is 30.9 Å². The molecule has 6 heteroatoms. The van der Waals surface area contributed by atoms with E-state index >= 15 is 0 Å². The molecule has 4 rings (SSSR count). The molecule has 0 saturated carbocycles. The first-order valence-corrected chi connectivity index (χ1v) is 7.25. The van der Waals surface area contributed by atoms with Crippen LogP contribution in [-0.2, 0) is 23.3 Å². The highest BCUT2D eigenvalue weighted by atomic mass is 16.5. The number of nitrogens with one attached hydrogen (secondary N) is 1. The lowest BCUT2D eigenvalue weighted by atomic mass is 9.92. The fourth-order valence-corrected chi connectivity index (χ4v) is 3.39. The molecule has 3 amide bonds. The van der Waals surface area contributed by atoms with E-state index in [0.717, 1.165) is 17.5 Å². The Morgan fingerprint density at radius 3 is 2.95 bits per heavy atom. The number of benzene rings is 1. The third-order valence-corrected chi connectivity index (χ3v) is 4.42. The SMILES string of the molecule is Cc1cc(CN2C(=O)N[C@@]3(CCc4ccccc43)C2=O)no1. The Morgan fingerprint density at radius 2 is 2.18 bits per heavy atom. The van der Waals surface area contributed by atoms with Gasteiger partial charge in [-0.25, -0.2) is 4.79 Å². The molecule has 112 valence electrons. The molecule has 1 atom stereocenters. The Hall–Kier alpha value is -2.63. The van der Waals surface area contributed by atoms with Gasteiger partial charge in [-0.1, -0.05) is 29.4 Å². The van der Waals surface area contributed by atoms with Crippen molar-refractivity contribution in [2.24, 2.45) is 0 Å². The van der Waals surface area contributed by atoms with Crippen LogP contribution in [0.1, 0.15) is 29.0 Å². The number of fused-ring (bicyclic) bond motifs is 2. The van der Waals surface area contributed by atoms with Gasteiger partial charge < -0.3 is 9.84 Å². The molecule has 1 aromatic heterocycles. The smallest absolute Gasteiger partial charge is 0.325 e. The number of aryl methyl sites for hydroxylation is 2. The molecule has 1 saturated heterocycles. The maximum atomic E-state index is 12.9. The second-order valence-corrected chi connectivity index (χ2v) is 5.81. The summed E-state index contributed by atoms with van der Waals surface area (Å²) in [6, 6.07) is 9.14. The van der Waals surface area contributed by atoms with E-state index in [-0.39, 0.29) is 18.5 Å². The van der Waals surface area contributed by atoms with Crippen molar-refractivity contribution in [2.45, 2.75) is 31.8 Å². The quantitative estimate of drug-likeness (QED) is 0.859. The second kappa shape index (κ2) is 4.43. The van der Waals surface area contributed by atoms with Crippen LogP contribution in [0.15, 0.2) is 34.9 Å². The van der Waals surface area contributed by atoms with E-state index in [4.69, 9.17) is 4.52 Å². The van der Waals surface area contributed by atoms with Gasteiger partial charge in [-0.15, -0.1) is 0 Å². The number of urea groups is 1. The maximum Gasteiger partial charge on any atom is 0.325 e. The molecule has 1 aliphatic heterocycles. The summed E-state index contributed by atoms with van der Waals surface area (Å²) >= 11 is 0. The highest BCUT2D eigenvalue weighted by molar-refractivity contribution is 6.08. The zero-order valence-electron chi connectivity index (χ0n) is 12.1. The van der Waals surface area contributed by atoms with E-state index in [0.29, 0.717) is 17.9 Å². The lowest BCUT2D eigenvalue weighted by molar-refractivity contribution is -0.132. The summed E-state index contributed by atoms with van der Waals surface area (Å²) in [6.07, 6.45) is 1.39. The van der Waals surface area contributed by atoms with Crippen LogP contribution < -0.4 is 5.32 Å². The monoisotopic (exact) mass is 297 g/mol. The largest absolute Gasteiger partial charge is 0.361 e. The van der Waals surface area contributed by atoms with Gasteiger partial charge in [0.1, 0.15) is 17.0 Å². The van der Waals surface area contributed by atoms with Crippen molar-refractivity contribution < 1.29 is 14.1 Å². The van der Waals surface area contributed by atoms with Crippen LogP contribution in [0.5, 0.6) is 0 Å². The van der Waals surface area contributed by atoms with Gasteiger partial charge in [0, 0.05) is 6.07 Å². The fourth-order valence-electron chi connectivity index (χ4n) is 3.39. The van der Waals surface area contributed by atoms with Crippen molar-refractivity contribution in [3.8, 4) is 0 Å². The standard InChI is InChI=1S/C16H15N3O3/c1-10-8-12(18-22-10)9-19-14(20)16(17-15(19)21)7-6-11-4-2-3-5-13(11)16/h2-5,8H,6-7,9H2,1H3,(H,17,21)/t16-/m1/s1. The Bertz CT molecular complexity index is 782. The third kappa shape index (κ3) is 1.70. The van der Waals surface area contributed by atoms with Crippen molar-refractivity contribution in [3.63, 3.8) is 0 Å². The summed E-state index contributed by atoms with van der Waals surface area (Å²) in [4.78, 5) is 26.4. The molecule has 0 bridgehead atoms. The predicted octanol–water partition coefficient (Wildman–Crippen LogP) is 1.88. The number of rotatable bonds is 2. The number of amides is 3. The Morgan fingerprint density at radius 1 is 1.36 bits per heavy atom. The first kappa shape index (κ1) is 13.1. The lowest BCUT2D eigenvalue weighted by Crippen LogP contribution is -2.41. The average molecular weight is 297 g/mol. The van der Waals surface area contributed by atoms with Crippen molar-refractivity contribution in [2.75, 3.05) is 0 Å². The van der Waals surface area contributed by atoms with E-state index in [9.17, 15) is 9.59 Å². The van der Waals surface area contributed by atoms with Gasteiger partial charge in [-0.2, -0.15) is 0 Å². The number of imide groups is 1. The maximum absolute atomic E-state index is 12.9. The molecule has 1 aromatic carbocycles. The minimum absolute atomic E-state index is 0.131. The molecular formula is C16H15N3O3. The van der Waals surface area contributed by atoms with Crippen molar-refractivity contribution in [1.29, 1.82) is 0 Å². The van der Waals surface area contributed by atoms with Crippen molar-refractivity contribution in [1.82, 2.24) is 15.4 Å². The third-order valence-electron chi connectivity index (χ3n) is 4.42. The Kier molecular flexibility index (Phi) is 2.63. The number of nitrogens with zero attached hydrogens (tertiary/aromatic N) is 2. The normalized spacial score (nSPS) is 23.2. The van der Waals surface area contributed by atoms with Crippen LogP contribution in [-0.4, -0.2) is 22.0 Å². The molecule has 2 aromatic rings. The molecule has 0 radical (unpaired) electrons. The summed E-state index contributed by atoms with van der Waals surface area (Å²) in [5.41, 5.74) is 1.69. The van der Waals surface area contributed by atoms with Gasteiger partial charge in [0.25, 0.3) is 5.91 Å². The van der Waals surface area contributed by atoms with Gasteiger partial charge in [0.2, 0.25) is 0 Å². The highest BCUT2D eigenvalue weighted by Crippen LogP contribution is 2.41. The molecule has 0 unspecified atom stereocenters. The van der Waals surface area contributed by atoms with Gasteiger partial charge in [0.05, 0.1) is 6.54 Å². The van der Waals surface area contributed by atoms with Gasteiger partial charge in [-0.3, -0.25) is 9.69 Å². The molecule has 6 nitrogen and oxygen atoms in total. The topological polar surface area (TPSA) is 75.4 Å². The molecule has 2 aliphatic rings. The van der Waals surface area contributed by atoms with Gasteiger partial charge >= 0.3 is 6.03 Å². The van der Waals surface area contributed by atoms with Crippen LogP contribution in [0.3, 0.4) is 0 Å². The van der Waals surface area contributed by atoms with E-state index in [1.54, 1.807) is 13.0 Å². The minimum Gasteiger partial charge on any atom is -0.361 e. The van der Waals surface area contributed by atoms with Crippen molar-refractivity contribution >= 4 is 11.9 Å². The van der Waals surface area contributed by atoms with Crippen molar-refractivity contribution in [3.05, 3.63) is 52.9 Å². The summed E-state index contributed by atoms with van der Waals surface area (Å²) in [6.45, 7) is 1.91. The minimum atomic E-state index is -0.910. The highest BCUT2D eigenvalue weighted by Gasteiger charge is 2.55. The fraction of sp³-hybridized carbons (Fsp3) is 0.312. The summed E-state index contributed by atoms with van der Waals surface area (Å²) in [5, 5.41) is 6.75.